The molecule has 6 rings (SSSR count). The maximum atomic E-state index is 13.9. The molecule has 1 N–H and O–H groups in total. The number of benzene rings is 3. The Hall–Kier alpha value is -2.60. The van der Waals surface area contributed by atoms with Crippen molar-refractivity contribution in [1.29, 1.82) is 0 Å². The summed E-state index contributed by atoms with van der Waals surface area (Å²) in [5, 5.41) is 20.4. The minimum atomic E-state index is -1.56. The molecule has 2 saturated heterocycles. The van der Waals surface area contributed by atoms with Gasteiger partial charge in [0.15, 0.2) is 23.7 Å². The van der Waals surface area contributed by atoms with Gasteiger partial charge in [-0.3, -0.25) is 0 Å². The van der Waals surface area contributed by atoms with Crippen LogP contribution in [0, 0.1) is 17.5 Å². The fraction of sp³-hybridized carbons (Fsp3) is 0.259. The average Bonchev–Trinajstić information content (AvgIpc) is 3.42. The summed E-state index contributed by atoms with van der Waals surface area (Å²) in [4.78, 5) is 0.953. The van der Waals surface area contributed by atoms with Gasteiger partial charge in [0.05, 0.1) is 35.1 Å². The zero-order chi connectivity index (χ0) is 27.3. The van der Waals surface area contributed by atoms with E-state index in [1.165, 1.54) is 10.9 Å². The van der Waals surface area contributed by atoms with Crippen molar-refractivity contribution in [2.75, 3.05) is 12.4 Å². The normalized spacial score (nSPS) is 27.7. The molecule has 0 saturated carbocycles. The Morgan fingerprint density at radius 3 is 2.44 bits per heavy atom. The van der Waals surface area contributed by atoms with Crippen LogP contribution in [-0.2, 0) is 9.47 Å². The monoisotopic (exact) mass is 595 g/mol. The summed E-state index contributed by atoms with van der Waals surface area (Å²) in [7, 11) is -0.992. The predicted octanol–water partition coefficient (Wildman–Crippen LogP) is 6.13. The summed E-state index contributed by atoms with van der Waals surface area (Å²) in [6, 6.07) is 15.9. The van der Waals surface area contributed by atoms with E-state index in [-0.39, 0.29) is 16.5 Å². The third-order valence-corrected chi connectivity index (χ3v) is 10.7. The van der Waals surface area contributed by atoms with Crippen LogP contribution < -0.4 is 0 Å². The number of rotatable bonds is 4. The first-order chi connectivity index (χ1) is 18.8. The molecule has 0 bridgehead atoms. The van der Waals surface area contributed by atoms with Crippen molar-refractivity contribution in [1.82, 2.24) is 15.0 Å². The van der Waals surface area contributed by atoms with Crippen LogP contribution >= 0.6 is 34.1 Å². The number of hydrogen-bond donors (Lipinski definition) is 2. The highest BCUT2D eigenvalue weighted by atomic mass is 35.5. The third-order valence-electron chi connectivity index (χ3n) is 7.00. The highest BCUT2D eigenvalue weighted by Crippen LogP contribution is 2.54. The van der Waals surface area contributed by atoms with Crippen molar-refractivity contribution in [2.45, 2.75) is 34.7 Å². The second kappa shape index (κ2) is 10.8. The van der Waals surface area contributed by atoms with E-state index < -0.39 is 52.9 Å². The molecule has 0 radical (unpaired) electrons. The molecule has 6 atom stereocenters. The Morgan fingerprint density at radius 2 is 1.72 bits per heavy atom. The fourth-order valence-corrected chi connectivity index (χ4v) is 8.41. The van der Waals surface area contributed by atoms with E-state index in [0.29, 0.717) is 22.4 Å². The van der Waals surface area contributed by atoms with Crippen molar-refractivity contribution in [3.63, 3.8) is 0 Å². The van der Waals surface area contributed by atoms with Crippen LogP contribution in [0.3, 0.4) is 0 Å². The molecule has 2 aliphatic rings. The summed E-state index contributed by atoms with van der Waals surface area (Å²) < 4.78 is 55.4. The van der Waals surface area contributed by atoms with Gasteiger partial charge in [0.25, 0.3) is 0 Å². The number of aromatic nitrogens is 3. The molecule has 4 aromatic rings. The van der Waals surface area contributed by atoms with E-state index in [0.717, 1.165) is 22.6 Å². The maximum absolute atomic E-state index is 13.9. The van der Waals surface area contributed by atoms with Gasteiger partial charge in [0.2, 0.25) is 0 Å². The quantitative estimate of drug-likeness (QED) is 0.219. The average molecular weight is 596 g/mol. The van der Waals surface area contributed by atoms with Crippen LogP contribution in [0.15, 0.2) is 71.8 Å². The van der Waals surface area contributed by atoms with Gasteiger partial charge in [-0.25, -0.2) is 28.7 Å². The molecular formula is C27H22Cl2F3N3O3S. The Balaban J connectivity index is 1.37. The second-order valence-electron chi connectivity index (χ2n) is 9.39. The number of ether oxygens (including phenoxy) is 2. The van der Waals surface area contributed by atoms with Crippen molar-refractivity contribution in [3.8, 4) is 11.3 Å². The van der Waals surface area contributed by atoms with Crippen molar-refractivity contribution >= 4 is 34.1 Å². The van der Waals surface area contributed by atoms with Gasteiger partial charge in [-0.2, -0.15) is 0 Å². The van der Waals surface area contributed by atoms with Crippen LogP contribution in [0.5, 0.6) is 0 Å². The smallest absolute Gasteiger partial charge is 0.194 e. The minimum absolute atomic E-state index is 0.0209. The number of aliphatic hydroxyl groups excluding tert-OH is 1. The molecule has 2 fully saturated rings. The van der Waals surface area contributed by atoms with E-state index in [9.17, 15) is 18.3 Å². The number of halogens is 5. The Bertz CT molecular complexity index is 1490. The first-order valence-electron chi connectivity index (χ1n) is 12.1. The third kappa shape index (κ3) is 5.05. The lowest BCUT2D eigenvalue weighted by atomic mass is 10.0. The number of thiol groups is 1. The molecule has 12 heteroatoms. The summed E-state index contributed by atoms with van der Waals surface area (Å²) in [6.45, 7) is 0.356. The topological polar surface area (TPSA) is 69.4 Å². The summed E-state index contributed by atoms with van der Waals surface area (Å²) in [5.74, 6) is -3.82. The Kier molecular flexibility index (Phi) is 7.34. The van der Waals surface area contributed by atoms with Crippen molar-refractivity contribution in [2.24, 2.45) is 0 Å². The van der Waals surface area contributed by atoms with E-state index in [2.05, 4.69) is 10.3 Å². The highest BCUT2D eigenvalue weighted by molar-refractivity contribution is 8.17. The van der Waals surface area contributed by atoms with Crippen LogP contribution in [0.1, 0.15) is 17.9 Å². The van der Waals surface area contributed by atoms with Gasteiger partial charge in [0, 0.05) is 22.1 Å². The molecule has 2 aliphatic heterocycles. The lowest BCUT2D eigenvalue weighted by Gasteiger charge is -2.50. The molecule has 0 spiro atoms. The number of aliphatic hydroxyl groups is 1. The highest BCUT2D eigenvalue weighted by Gasteiger charge is 2.49. The molecule has 39 heavy (non-hydrogen) atoms. The van der Waals surface area contributed by atoms with Gasteiger partial charge in [0.1, 0.15) is 11.7 Å². The molecule has 3 aromatic carbocycles. The molecule has 0 aliphatic carbocycles. The summed E-state index contributed by atoms with van der Waals surface area (Å²) in [6.07, 6.45) is -0.656. The zero-order valence-electron chi connectivity index (χ0n) is 20.1. The molecule has 204 valence electrons. The Labute approximate surface area is 234 Å². The number of hydrogen-bond acceptors (Lipinski definition) is 5. The number of nitrogens with zero attached hydrogens (tertiary/aromatic N) is 3. The zero-order valence-corrected chi connectivity index (χ0v) is 22.5. The molecule has 6 nitrogen and oxygen atoms in total. The van der Waals surface area contributed by atoms with Gasteiger partial charge in [-0.1, -0.05) is 58.7 Å². The number of fused-ring (bicyclic) bond motifs is 1. The fourth-order valence-electron chi connectivity index (χ4n) is 5.12. The summed E-state index contributed by atoms with van der Waals surface area (Å²) >= 11 is 12.5. The van der Waals surface area contributed by atoms with Gasteiger partial charge in [-0.15, -0.1) is 5.10 Å². The molecule has 2 unspecified atom stereocenters. The lowest BCUT2D eigenvalue weighted by molar-refractivity contribution is -0.232. The standard InChI is InChI=1S/C27H22Cl2F3N3O3S/c28-17-7-6-16(10-18(17)29)39-13-22(36)25(26-23(39)12-37-27(38-26)14-4-2-1-3-5-14)35-11-21(33-34-35)15-8-19(30)24(32)20(31)9-15/h1-11,22-23,25-27,36,39H,12-13H2/t22-,23+,25+,26-,27?/m0/s1. The van der Waals surface area contributed by atoms with Gasteiger partial charge < -0.3 is 14.6 Å². The maximum Gasteiger partial charge on any atom is 0.194 e. The van der Waals surface area contributed by atoms with Gasteiger partial charge in [-0.05, 0) is 35.2 Å². The van der Waals surface area contributed by atoms with Crippen molar-refractivity contribution in [3.05, 3.63) is 99.9 Å². The van der Waals surface area contributed by atoms with Crippen LogP contribution in [-0.4, -0.2) is 49.9 Å². The largest absolute Gasteiger partial charge is 0.390 e. The molecular weight excluding hydrogens is 574 g/mol. The summed E-state index contributed by atoms with van der Waals surface area (Å²) in [5.41, 5.74) is 0.971. The van der Waals surface area contributed by atoms with E-state index in [1.54, 1.807) is 6.07 Å². The molecule has 3 heterocycles. The van der Waals surface area contributed by atoms with Crippen LogP contribution in [0.2, 0.25) is 10.0 Å². The predicted molar refractivity (Wildman–Crippen MR) is 143 cm³/mol. The Morgan fingerprint density at radius 1 is 0.974 bits per heavy atom. The van der Waals surface area contributed by atoms with Crippen LogP contribution in [0.25, 0.3) is 11.3 Å². The van der Waals surface area contributed by atoms with Crippen molar-refractivity contribution < 1.29 is 27.8 Å². The van der Waals surface area contributed by atoms with Crippen LogP contribution in [0.4, 0.5) is 13.2 Å². The molecule has 1 aromatic heterocycles. The van der Waals surface area contributed by atoms with E-state index in [4.69, 9.17) is 32.7 Å². The SMILES string of the molecule is O[C@H]1C[SH](c2ccc(Cl)c(Cl)c2)[C@@H]2COC(c3ccccc3)O[C@@H]2[C@@H]1n1cc(-c2cc(F)c(F)c(F)c2)nn1. The lowest BCUT2D eigenvalue weighted by Crippen LogP contribution is -2.54. The van der Waals surface area contributed by atoms with E-state index >= 15 is 0 Å². The minimum Gasteiger partial charge on any atom is -0.390 e. The van der Waals surface area contributed by atoms with Gasteiger partial charge >= 0.3 is 0 Å². The van der Waals surface area contributed by atoms with E-state index in [1.807, 2.05) is 42.5 Å². The first-order valence-corrected chi connectivity index (χ1v) is 14.4. The second-order valence-corrected chi connectivity index (χ2v) is 12.7. The molecule has 0 amide bonds. The first kappa shape index (κ1) is 26.6.